The molecule has 0 aliphatic carbocycles. The van der Waals surface area contributed by atoms with Crippen molar-refractivity contribution in [1.29, 1.82) is 0 Å². The maximum atomic E-state index is 12.8. The summed E-state index contributed by atoms with van der Waals surface area (Å²) in [6.07, 6.45) is -1.33. The van der Waals surface area contributed by atoms with Gasteiger partial charge in [0.2, 0.25) is 0 Å². The average Bonchev–Trinajstić information content (AvgIpc) is 3.44. The first-order valence-electron chi connectivity index (χ1n) is 11.5. The molecule has 2 aromatic carbocycles. The fourth-order valence-corrected chi connectivity index (χ4v) is 4.88. The molecule has 0 saturated carbocycles. The second-order valence-corrected chi connectivity index (χ2v) is 9.63. The van der Waals surface area contributed by atoms with Gasteiger partial charge in [-0.2, -0.15) is 0 Å². The minimum atomic E-state index is -1.20. The topological polar surface area (TPSA) is 197 Å². The summed E-state index contributed by atoms with van der Waals surface area (Å²) in [4.78, 5) is 50.6. The van der Waals surface area contributed by atoms with Gasteiger partial charge in [-0.25, -0.2) is 14.8 Å². The highest BCUT2D eigenvalue weighted by Gasteiger charge is 2.20. The third-order valence-electron chi connectivity index (χ3n) is 5.93. The minimum absolute atomic E-state index is 0.172. The second kappa shape index (κ2) is 10.2. The molecular weight excluding hydrogens is 512 g/mol. The summed E-state index contributed by atoms with van der Waals surface area (Å²) in [7, 11) is 1.54. The van der Waals surface area contributed by atoms with Crippen molar-refractivity contribution in [3.8, 4) is 0 Å². The van der Waals surface area contributed by atoms with Crippen LogP contribution < -0.4 is 22.3 Å². The van der Waals surface area contributed by atoms with Gasteiger partial charge >= 0.3 is 11.7 Å². The highest BCUT2D eigenvalue weighted by Crippen LogP contribution is 2.30. The van der Waals surface area contributed by atoms with Crippen molar-refractivity contribution in [1.82, 2.24) is 29.1 Å². The maximum Gasteiger partial charge on any atom is 0.329 e. The van der Waals surface area contributed by atoms with Crippen LogP contribution in [0.25, 0.3) is 22.2 Å². The molecule has 0 amide bonds. The fourth-order valence-electron chi connectivity index (χ4n) is 4.00. The van der Waals surface area contributed by atoms with Crippen LogP contribution in [0.1, 0.15) is 12.0 Å². The molecule has 3 aromatic heterocycles. The predicted octanol–water partition coefficient (Wildman–Crippen LogP) is 1.03. The second-order valence-electron chi connectivity index (χ2n) is 8.67. The van der Waals surface area contributed by atoms with E-state index in [0.717, 1.165) is 5.56 Å². The third kappa shape index (κ3) is 5.04. The molecule has 0 aliphatic rings. The number of hydrogen-bond acceptors (Lipinski definition) is 9. The number of aryl methyl sites for hydroxylation is 1. The molecule has 3 heterocycles. The highest BCUT2D eigenvalue weighted by molar-refractivity contribution is 7.99. The number of nitrogens with two attached hydrogens (primary N) is 1. The molecule has 2 atom stereocenters. The molecule has 0 saturated heterocycles. The van der Waals surface area contributed by atoms with E-state index in [4.69, 9.17) is 10.8 Å². The smallest absolute Gasteiger partial charge is 0.329 e. The van der Waals surface area contributed by atoms with Crippen LogP contribution in [0.5, 0.6) is 0 Å². The van der Waals surface area contributed by atoms with Gasteiger partial charge in [-0.1, -0.05) is 30.3 Å². The Morgan fingerprint density at radius 3 is 2.66 bits per heavy atom. The molecule has 7 N–H and O–H groups in total. The molecule has 0 aliphatic heterocycles. The number of hydrogen-bond donors (Lipinski definition) is 6. The van der Waals surface area contributed by atoms with Gasteiger partial charge in [0.25, 0.3) is 5.56 Å². The van der Waals surface area contributed by atoms with Gasteiger partial charge in [0.05, 0.1) is 17.6 Å². The van der Waals surface area contributed by atoms with E-state index in [0.29, 0.717) is 33.6 Å². The summed E-state index contributed by atoms with van der Waals surface area (Å²) < 4.78 is 3.04. The first kappa shape index (κ1) is 25.3. The molecule has 38 heavy (non-hydrogen) atoms. The number of aliphatic hydroxyl groups excluding tert-OH is 1. The van der Waals surface area contributed by atoms with Gasteiger partial charge in [-0.3, -0.25) is 19.1 Å². The van der Waals surface area contributed by atoms with Crippen molar-refractivity contribution >= 4 is 45.6 Å². The van der Waals surface area contributed by atoms with E-state index >= 15 is 0 Å². The molecule has 0 radical (unpaired) electrons. The van der Waals surface area contributed by atoms with E-state index in [-0.39, 0.29) is 17.6 Å². The highest BCUT2D eigenvalue weighted by atomic mass is 32.2. The summed E-state index contributed by atoms with van der Waals surface area (Å²) in [6, 6.07) is 13.6. The Labute approximate surface area is 218 Å². The fraction of sp³-hybridized carbons (Fsp3) is 0.208. The zero-order chi connectivity index (χ0) is 27.0. The number of nitrogens with one attached hydrogen (secondary N) is 3. The number of fused-ring (bicyclic) bond motifs is 2. The predicted molar refractivity (Wildman–Crippen MR) is 141 cm³/mol. The van der Waals surface area contributed by atoms with Crippen molar-refractivity contribution in [2.45, 2.75) is 35.5 Å². The van der Waals surface area contributed by atoms with Crippen molar-refractivity contribution in [2.24, 2.45) is 12.8 Å². The summed E-state index contributed by atoms with van der Waals surface area (Å²) in [5.74, 6) is -1.20. The molecule has 13 nitrogen and oxygen atoms in total. The number of rotatable bonds is 9. The van der Waals surface area contributed by atoms with E-state index in [1.165, 1.54) is 16.3 Å². The Morgan fingerprint density at radius 2 is 1.92 bits per heavy atom. The maximum absolute atomic E-state index is 12.8. The standard InChI is InChI=1S/C24H24N8O5S/c1-31-19-18(20(34)30-23(31)37)32(11-12-5-3-2-4-6-12)24(29-19)38-22-27-15-8-7-13(9-16(15)28-22)26-17(33)10-14(25)21(35)36/h2-9,14,17,26,33H,10-11,25H2,1H3,(H,27,28)(H,35,36)(H,30,34,37)/t14-,17?/m0/s1. The Bertz CT molecular complexity index is 1760. The SMILES string of the molecule is Cn1c(=O)[nH]c(=O)c2c1nc(Sc1nc3cc(NC(O)C[C@H](N)C(=O)O)ccc3[nH]1)n2Cc1ccccc1. The summed E-state index contributed by atoms with van der Waals surface area (Å²) in [5, 5.41) is 22.8. The van der Waals surface area contributed by atoms with Crippen molar-refractivity contribution in [3.63, 3.8) is 0 Å². The van der Waals surface area contributed by atoms with E-state index in [1.807, 2.05) is 30.3 Å². The molecule has 0 spiro atoms. The van der Waals surface area contributed by atoms with Gasteiger partial charge in [-0.15, -0.1) is 0 Å². The molecule has 5 rings (SSSR count). The lowest BCUT2D eigenvalue weighted by Gasteiger charge is -2.16. The number of aliphatic hydroxyl groups is 1. The van der Waals surface area contributed by atoms with Gasteiger partial charge in [0, 0.05) is 19.2 Å². The molecule has 0 fully saturated rings. The van der Waals surface area contributed by atoms with Crippen LogP contribution in [0.4, 0.5) is 5.69 Å². The Balaban J connectivity index is 1.47. The zero-order valence-electron chi connectivity index (χ0n) is 20.1. The number of aromatic nitrogens is 6. The average molecular weight is 537 g/mol. The Morgan fingerprint density at radius 1 is 1.16 bits per heavy atom. The number of aromatic amines is 2. The number of benzene rings is 2. The van der Waals surface area contributed by atoms with Crippen LogP contribution in [0.2, 0.25) is 0 Å². The van der Waals surface area contributed by atoms with E-state index in [1.54, 1.807) is 29.8 Å². The minimum Gasteiger partial charge on any atom is -0.480 e. The van der Waals surface area contributed by atoms with E-state index in [9.17, 15) is 19.5 Å². The van der Waals surface area contributed by atoms with Crippen LogP contribution >= 0.6 is 11.8 Å². The first-order chi connectivity index (χ1) is 18.2. The Hall–Kier alpha value is -4.40. The van der Waals surface area contributed by atoms with Crippen LogP contribution in [0.15, 0.2) is 68.4 Å². The number of carboxylic acids is 1. The van der Waals surface area contributed by atoms with Gasteiger partial charge < -0.3 is 30.8 Å². The molecule has 14 heteroatoms. The van der Waals surface area contributed by atoms with Crippen molar-refractivity contribution in [2.75, 3.05) is 5.32 Å². The van der Waals surface area contributed by atoms with Gasteiger partial charge in [-0.05, 0) is 35.5 Å². The monoisotopic (exact) mass is 536 g/mol. The number of nitrogens with zero attached hydrogens (tertiary/aromatic N) is 4. The molecule has 0 bridgehead atoms. The molecule has 1 unspecified atom stereocenters. The van der Waals surface area contributed by atoms with Crippen LogP contribution in [0, 0.1) is 0 Å². The van der Waals surface area contributed by atoms with Gasteiger partial charge in [0.1, 0.15) is 12.3 Å². The van der Waals surface area contributed by atoms with E-state index in [2.05, 4.69) is 25.3 Å². The van der Waals surface area contributed by atoms with Crippen molar-refractivity contribution in [3.05, 3.63) is 74.9 Å². The lowest BCUT2D eigenvalue weighted by molar-refractivity contribution is -0.139. The number of imidazole rings is 2. The number of carboxylic acid groups (broad SMARTS) is 1. The van der Waals surface area contributed by atoms with Crippen molar-refractivity contribution < 1.29 is 15.0 Å². The lowest BCUT2D eigenvalue weighted by atomic mass is 10.2. The number of anilines is 1. The quantitative estimate of drug-likeness (QED) is 0.148. The van der Waals surface area contributed by atoms with Crippen LogP contribution in [0.3, 0.4) is 0 Å². The summed E-state index contributed by atoms with van der Waals surface area (Å²) in [6.45, 7) is 0.353. The zero-order valence-corrected chi connectivity index (χ0v) is 20.9. The van der Waals surface area contributed by atoms with Gasteiger partial charge in [0.15, 0.2) is 21.5 Å². The number of H-pyrrole nitrogens is 2. The Kier molecular flexibility index (Phi) is 6.75. The summed E-state index contributed by atoms with van der Waals surface area (Å²) in [5.41, 5.74) is 7.71. The van der Waals surface area contributed by atoms with Crippen LogP contribution in [-0.2, 0) is 18.4 Å². The largest absolute Gasteiger partial charge is 0.480 e. The molecule has 5 aromatic rings. The van der Waals surface area contributed by atoms with Crippen LogP contribution in [-0.4, -0.2) is 57.5 Å². The van der Waals surface area contributed by atoms with E-state index < -0.39 is 29.5 Å². The number of aliphatic carboxylic acids is 1. The third-order valence-corrected chi connectivity index (χ3v) is 6.81. The summed E-state index contributed by atoms with van der Waals surface area (Å²) >= 11 is 1.21. The molecule has 196 valence electrons. The molecular formula is C24H24N8O5S. The normalized spacial score (nSPS) is 13.1. The number of carbonyl (C=O) groups is 1. The first-order valence-corrected chi connectivity index (χ1v) is 12.4. The lowest BCUT2D eigenvalue weighted by Crippen LogP contribution is -2.36.